The van der Waals surface area contributed by atoms with Gasteiger partial charge in [0.2, 0.25) is 0 Å². The molecule has 2 aromatic rings. The molecule has 0 radical (unpaired) electrons. The quantitative estimate of drug-likeness (QED) is 0.930. The normalized spacial score (nSPS) is 13.3. The highest BCUT2D eigenvalue weighted by molar-refractivity contribution is 9.10. The Labute approximate surface area is 97.4 Å². The van der Waals surface area contributed by atoms with Crippen LogP contribution in [0.25, 0.3) is 5.65 Å². The molecule has 0 saturated heterocycles. The topological polar surface area (TPSA) is 43.3 Å². The molecule has 0 fully saturated rings. The number of nitrogens with two attached hydrogens (primary N) is 1. The summed E-state index contributed by atoms with van der Waals surface area (Å²) in [5.41, 5.74) is 8.11. The van der Waals surface area contributed by atoms with Gasteiger partial charge in [-0.1, -0.05) is 13.3 Å². The Morgan fingerprint density at radius 3 is 3.07 bits per heavy atom. The second-order valence-corrected chi connectivity index (χ2v) is 4.57. The number of imidazole rings is 1. The Kier molecular flexibility index (Phi) is 3.07. The summed E-state index contributed by atoms with van der Waals surface area (Å²) in [6.45, 7) is 2.14. The fourth-order valence-electron chi connectivity index (χ4n) is 1.71. The van der Waals surface area contributed by atoms with Gasteiger partial charge in [0.1, 0.15) is 5.65 Å². The minimum absolute atomic E-state index is 0.0688. The van der Waals surface area contributed by atoms with Crippen LogP contribution in [0.3, 0.4) is 0 Å². The Bertz CT molecular complexity index is 464. The van der Waals surface area contributed by atoms with E-state index in [1.807, 2.05) is 28.9 Å². The Balaban J connectivity index is 2.47. The van der Waals surface area contributed by atoms with Crippen LogP contribution in [0.15, 0.2) is 29.0 Å². The molecule has 2 rings (SSSR count). The highest BCUT2D eigenvalue weighted by Crippen LogP contribution is 2.19. The van der Waals surface area contributed by atoms with E-state index >= 15 is 0 Å². The monoisotopic (exact) mass is 267 g/mol. The summed E-state index contributed by atoms with van der Waals surface area (Å²) in [6.07, 6.45) is 5.94. The van der Waals surface area contributed by atoms with Crippen molar-refractivity contribution in [1.82, 2.24) is 9.38 Å². The van der Waals surface area contributed by atoms with Crippen LogP contribution in [-0.2, 0) is 0 Å². The van der Waals surface area contributed by atoms with Crippen molar-refractivity contribution >= 4 is 21.6 Å². The summed E-state index contributed by atoms with van der Waals surface area (Å²) in [7, 11) is 0. The zero-order valence-electron chi connectivity index (χ0n) is 8.65. The highest BCUT2D eigenvalue weighted by Gasteiger charge is 2.10. The summed E-state index contributed by atoms with van der Waals surface area (Å²) < 4.78 is 3.09. The average molecular weight is 268 g/mol. The van der Waals surface area contributed by atoms with Crippen molar-refractivity contribution in [1.29, 1.82) is 0 Å². The van der Waals surface area contributed by atoms with Gasteiger partial charge in [-0.05, 0) is 34.5 Å². The molecule has 1 unspecified atom stereocenters. The van der Waals surface area contributed by atoms with Crippen molar-refractivity contribution in [2.45, 2.75) is 25.8 Å². The summed E-state index contributed by atoms with van der Waals surface area (Å²) in [4.78, 5) is 4.33. The van der Waals surface area contributed by atoms with Crippen molar-refractivity contribution in [3.8, 4) is 0 Å². The predicted molar refractivity (Wildman–Crippen MR) is 64.7 cm³/mol. The van der Waals surface area contributed by atoms with Gasteiger partial charge >= 0.3 is 0 Å². The van der Waals surface area contributed by atoms with Gasteiger partial charge in [-0.3, -0.25) is 0 Å². The molecule has 0 bridgehead atoms. The smallest absolute Gasteiger partial charge is 0.137 e. The number of aromatic nitrogens is 2. The molecular weight excluding hydrogens is 254 g/mol. The number of hydrogen-bond acceptors (Lipinski definition) is 2. The first-order valence-corrected chi connectivity index (χ1v) is 5.89. The third-order valence-corrected chi connectivity index (χ3v) is 2.95. The first-order chi connectivity index (χ1) is 7.22. The third kappa shape index (κ3) is 2.06. The molecule has 2 heterocycles. The van der Waals surface area contributed by atoms with E-state index in [0.717, 1.165) is 28.7 Å². The van der Waals surface area contributed by atoms with Crippen LogP contribution in [0.5, 0.6) is 0 Å². The summed E-state index contributed by atoms with van der Waals surface area (Å²) in [6, 6.07) is 4.03. The van der Waals surface area contributed by atoms with Crippen LogP contribution in [0.2, 0.25) is 0 Å². The van der Waals surface area contributed by atoms with Crippen LogP contribution in [0.4, 0.5) is 0 Å². The number of fused-ring (bicyclic) bond motifs is 1. The molecule has 2 N–H and O–H groups in total. The van der Waals surface area contributed by atoms with E-state index in [1.165, 1.54) is 0 Å². The van der Waals surface area contributed by atoms with E-state index < -0.39 is 0 Å². The van der Waals surface area contributed by atoms with Crippen LogP contribution < -0.4 is 5.73 Å². The summed E-state index contributed by atoms with van der Waals surface area (Å²) >= 11 is 3.45. The predicted octanol–water partition coefficient (Wildman–Crippen LogP) is 2.90. The summed E-state index contributed by atoms with van der Waals surface area (Å²) in [5.74, 6) is 0. The van der Waals surface area contributed by atoms with Crippen molar-refractivity contribution in [2.75, 3.05) is 0 Å². The fraction of sp³-hybridized carbons (Fsp3) is 0.364. The SMILES string of the molecule is CCCC(N)c1cnc2ccc(Br)cn12. The zero-order chi connectivity index (χ0) is 10.8. The maximum atomic E-state index is 6.09. The van der Waals surface area contributed by atoms with Crippen molar-refractivity contribution in [3.63, 3.8) is 0 Å². The molecule has 0 saturated carbocycles. The molecule has 0 amide bonds. The standard InChI is InChI=1S/C11H14BrN3/c1-2-3-9(13)10-6-14-11-5-4-8(12)7-15(10)11/h4-7,9H,2-3,13H2,1H3. The van der Waals surface area contributed by atoms with Crippen LogP contribution in [0.1, 0.15) is 31.5 Å². The lowest BCUT2D eigenvalue weighted by Gasteiger charge is -2.09. The van der Waals surface area contributed by atoms with Gasteiger partial charge in [0, 0.05) is 16.7 Å². The summed E-state index contributed by atoms with van der Waals surface area (Å²) in [5, 5.41) is 0. The molecule has 80 valence electrons. The molecule has 4 heteroatoms. The average Bonchev–Trinajstić information content (AvgIpc) is 2.60. The van der Waals surface area contributed by atoms with Crippen LogP contribution in [-0.4, -0.2) is 9.38 Å². The largest absolute Gasteiger partial charge is 0.323 e. The van der Waals surface area contributed by atoms with Gasteiger partial charge < -0.3 is 10.1 Å². The molecule has 0 aromatic carbocycles. The minimum atomic E-state index is 0.0688. The molecule has 0 aliphatic rings. The maximum Gasteiger partial charge on any atom is 0.137 e. The van der Waals surface area contributed by atoms with Crippen molar-refractivity contribution < 1.29 is 0 Å². The number of hydrogen-bond donors (Lipinski definition) is 1. The van der Waals surface area contributed by atoms with Crippen LogP contribution >= 0.6 is 15.9 Å². The Morgan fingerprint density at radius 1 is 1.53 bits per heavy atom. The molecule has 3 nitrogen and oxygen atoms in total. The van der Waals surface area contributed by atoms with Crippen LogP contribution in [0, 0.1) is 0 Å². The Hall–Kier alpha value is -0.870. The molecule has 15 heavy (non-hydrogen) atoms. The molecular formula is C11H14BrN3. The zero-order valence-corrected chi connectivity index (χ0v) is 10.2. The van der Waals surface area contributed by atoms with E-state index in [4.69, 9.17) is 5.73 Å². The lowest BCUT2D eigenvalue weighted by Crippen LogP contribution is -2.12. The molecule has 2 aromatic heterocycles. The van der Waals surface area contributed by atoms with Crippen molar-refractivity contribution in [2.24, 2.45) is 5.73 Å². The molecule has 1 atom stereocenters. The van der Waals surface area contributed by atoms with E-state index in [9.17, 15) is 0 Å². The van der Waals surface area contributed by atoms with E-state index in [1.54, 1.807) is 0 Å². The van der Waals surface area contributed by atoms with Gasteiger partial charge in [-0.25, -0.2) is 4.98 Å². The molecule has 0 aliphatic carbocycles. The second-order valence-electron chi connectivity index (χ2n) is 3.65. The third-order valence-electron chi connectivity index (χ3n) is 2.48. The lowest BCUT2D eigenvalue weighted by atomic mass is 10.1. The number of nitrogens with zero attached hydrogens (tertiary/aromatic N) is 2. The lowest BCUT2D eigenvalue weighted by molar-refractivity contribution is 0.617. The van der Waals surface area contributed by atoms with E-state index in [-0.39, 0.29) is 6.04 Å². The fourth-order valence-corrected chi connectivity index (χ4v) is 2.04. The van der Waals surface area contributed by atoms with Gasteiger partial charge in [0.25, 0.3) is 0 Å². The van der Waals surface area contributed by atoms with Gasteiger partial charge in [-0.15, -0.1) is 0 Å². The number of halogens is 1. The van der Waals surface area contributed by atoms with E-state index in [2.05, 4.69) is 27.8 Å². The first-order valence-electron chi connectivity index (χ1n) is 5.10. The highest BCUT2D eigenvalue weighted by atomic mass is 79.9. The van der Waals surface area contributed by atoms with Gasteiger partial charge in [0.05, 0.1) is 11.9 Å². The number of rotatable bonds is 3. The first kappa shape index (κ1) is 10.6. The van der Waals surface area contributed by atoms with Gasteiger partial charge in [-0.2, -0.15) is 0 Å². The minimum Gasteiger partial charge on any atom is -0.323 e. The molecule has 0 spiro atoms. The van der Waals surface area contributed by atoms with Crippen molar-refractivity contribution in [3.05, 3.63) is 34.7 Å². The molecule has 0 aliphatic heterocycles. The van der Waals surface area contributed by atoms with E-state index in [0.29, 0.717) is 0 Å². The Morgan fingerprint density at radius 2 is 2.33 bits per heavy atom. The van der Waals surface area contributed by atoms with Gasteiger partial charge in [0.15, 0.2) is 0 Å². The maximum absolute atomic E-state index is 6.09. The second kappa shape index (κ2) is 4.33. The number of pyridine rings is 1.